The molecule has 9 unspecified atom stereocenters. The van der Waals surface area contributed by atoms with Crippen LogP contribution in [0, 0.1) is 47.3 Å². The summed E-state index contributed by atoms with van der Waals surface area (Å²) in [5.74, 6) is 7.59. The molecule has 5 aliphatic rings. The van der Waals surface area contributed by atoms with E-state index in [-0.39, 0.29) is 11.7 Å². The Hall–Kier alpha value is -1.51. The van der Waals surface area contributed by atoms with Crippen molar-refractivity contribution >= 4 is 5.91 Å². The molecule has 0 radical (unpaired) electrons. The lowest BCUT2D eigenvalue weighted by Gasteiger charge is -2.64. The average Bonchev–Trinajstić information content (AvgIpc) is 2.78. The van der Waals surface area contributed by atoms with Crippen LogP contribution in [0.25, 0.3) is 0 Å². The molecular weight excluding hydrogens is 370 g/mol. The van der Waals surface area contributed by atoms with E-state index in [1.54, 1.807) is 18.2 Å². The van der Waals surface area contributed by atoms with Crippen LogP contribution < -0.4 is 5.32 Å². The van der Waals surface area contributed by atoms with E-state index in [9.17, 15) is 9.90 Å². The molecule has 5 fully saturated rings. The Morgan fingerprint density at radius 1 is 0.767 bits per heavy atom. The second-order valence-electron chi connectivity index (χ2n) is 11.2. The monoisotopic (exact) mass is 407 g/mol. The largest absolute Gasteiger partial charge is 0.508 e. The van der Waals surface area contributed by atoms with Gasteiger partial charge in [-0.15, -0.1) is 0 Å². The van der Waals surface area contributed by atoms with Gasteiger partial charge in [0.25, 0.3) is 5.91 Å². The van der Waals surface area contributed by atoms with E-state index >= 15 is 0 Å². The van der Waals surface area contributed by atoms with Gasteiger partial charge < -0.3 is 10.4 Å². The van der Waals surface area contributed by atoms with Gasteiger partial charge in [0.15, 0.2) is 0 Å². The molecule has 0 aliphatic heterocycles. The number of carbonyl (C=O) groups excluding carboxylic acids is 1. The van der Waals surface area contributed by atoms with E-state index in [0.717, 1.165) is 47.8 Å². The molecule has 1 amide bonds. The summed E-state index contributed by atoms with van der Waals surface area (Å²) in [5, 5.41) is 13.2. The zero-order valence-corrected chi connectivity index (χ0v) is 18.1. The number of hydrogen-bond acceptors (Lipinski definition) is 2. The highest BCUT2D eigenvalue weighted by Gasteiger charge is 2.58. The van der Waals surface area contributed by atoms with Gasteiger partial charge in [0.1, 0.15) is 5.75 Å². The Kier molecular flexibility index (Phi) is 4.84. The average molecular weight is 408 g/mol. The number of fused-ring (bicyclic) bond motifs is 2. The number of aromatic hydroxyl groups is 1. The standard InChI is InChI=1S/C27H37NO2/c29-18-8-1-7-17(15-18)27(30)28-24-14-13-22-20-10-3-6-16-5-2-9-19(25(16)20)21-11-4-12-23(24)26(21)22/h1,7-8,15-16,19-26,29H,2-6,9-14H2,(H,28,30). The first-order valence-corrected chi connectivity index (χ1v) is 12.8. The maximum absolute atomic E-state index is 13.0. The first kappa shape index (κ1) is 19.2. The molecule has 30 heavy (non-hydrogen) atoms. The second kappa shape index (κ2) is 7.57. The summed E-state index contributed by atoms with van der Waals surface area (Å²) in [5.41, 5.74) is 0.593. The Balaban J connectivity index is 1.26. The van der Waals surface area contributed by atoms with E-state index in [1.165, 1.54) is 64.2 Å². The van der Waals surface area contributed by atoms with Gasteiger partial charge in [-0.1, -0.05) is 38.2 Å². The Labute approximate surface area is 181 Å². The van der Waals surface area contributed by atoms with Gasteiger partial charge >= 0.3 is 0 Å². The highest BCUT2D eigenvalue weighted by molar-refractivity contribution is 5.94. The molecule has 0 heterocycles. The molecule has 162 valence electrons. The van der Waals surface area contributed by atoms with Crippen LogP contribution in [0.1, 0.15) is 81.0 Å². The van der Waals surface area contributed by atoms with Crippen molar-refractivity contribution in [3.05, 3.63) is 29.8 Å². The summed E-state index contributed by atoms with van der Waals surface area (Å²) in [7, 11) is 0. The third kappa shape index (κ3) is 3.02. The molecule has 3 nitrogen and oxygen atoms in total. The number of amides is 1. The van der Waals surface area contributed by atoms with Crippen molar-refractivity contribution in [1.82, 2.24) is 5.32 Å². The minimum Gasteiger partial charge on any atom is -0.508 e. The lowest BCUT2D eigenvalue weighted by atomic mass is 9.42. The maximum atomic E-state index is 13.0. The topological polar surface area (TPSA) is 49.3 Å². The third-order valence-corrected chi connectivity index (χ3v) is 10.2. The Morgan fingerprint density at radius 3 is 2.13 bits per heavy atom. The first-order chi connectivity index (χ1) is 14.7. The van der Waals surface area contributed by atoms with E-state index in [4.69, 9.17) is 0 Å². The molecule has 6 rings (SSSR count). The summed E-state index contributed by atoms with van der Waals surface area (Å²) in [6.45, 7) is 0. The molecule has 3 heteroatoms. The van der Waals surface area contributed by atoms with Crippen molar-refractivity contribution in [2.75, 3.05) is 0 Å². The van der Waals surface area contributed by atoms with Gasteiger partial charge in [-0.3, -0.25) is 4.79 Å². The minimum absolute atomic E-state index is 0.000515. The van der Waals surface area contributed by atoms with Crippen molar-refractivity contribution in [2.45, 2.75) is 76.7 Å². The summed E-state index contributed by atoms with van der Waals surface area (Å²) >= 11 is 0. The predicted octanol–water partition coefficient (Wildman–Crippen LogP) is 5.78. The number of phenols is 1. The Bertz CT molecular complexity index is 786. The molecule has 2 N–H and O–H groups in total. The molecule has 1 aromatic carbocycles. The number of carbonyl (C=O) groups is 1. The summed E-state index contributed by atoms with van der Waals surface area (Å²) in [6, 6.07) is 7.14. The molecular formula is C27H37NO2. The van der Waals surface area contributed by atoms with Gasteiger partial charge in [0.05, 0.1) is 0 Å². The van der Waals surface area contributed by atoms with E-state index in [2.05, 4.69) is 5.32 Å². The van der Waals surface area contributed by atoms with Gasteiger partial charge in [0, 0.05) is 11.6 Å². The van der Waals surface area contributed by atoms with E-state index in [0.29, 0.717) is 17.5 Å². The van der Waals surface area contributed by atoms with Crippen molar-refractivity contribution in [3.8, 4) is 5.75 Å². The van der Waals surface area contributed by atoms with Crippen LogP contribution in [0.5, 0.6) is 5.75 Å². The summed E-state index contributed by atoms with van der Waals surface area (Å²) < 4.78 is 0. The fourth-order valence-electron chi connectivity index (χ4n) is 9.41. The lowest BCUT2D eigenvalue weighted by molar-refractivity contribution is -0.143. The minimum atomic E-state index is 0.000515. The number of benzene rings is 1. The van der Waals surface area contributed by atoms with Gasteiger partial charge in [-0.05, 0) is 104 Å². The number of nitrogens with one attached hydrogen (secondary N) is 1. The summed E-state index contributed by atoms with van der Waals surface area (Å²) in [6.07, 6.45) is 15.5. The van der Waals surface area contributed by atoms with Crippen molar-refractivity contribution in [2.24, 2.45) is 47.3 Å². The van der Waals surface area contributed by atoms with Crippen molar-refractivity contribution in [1.29, 1.82) is 0 Å². The zero-order valence-electron chi connectivity index (χ0n) is 18.1. The van der Waals surface area contributed by atoms with Crippen molar-refractivity contribution < 1.29 is 9.90 Å². The number of hydrogen-bond donors (Lipinski definition) is 2. The fourth-order valence-corrected chi connectivity index (χ4v) is 9.41. The van der Waals surface area contributed by atoms with Gasteiger partial charge in [0.2, 0.25) is 0 Å². The SMILES string of the molecule is O=C(NC1CCC2C3CCCC4CCCC(C5CCCC1C52)C43)c1cccc(O)c1. The van der Waals surface area contributed by atoms with Crippen LogP contribution in [0.15, 0.2) is 24.3 Å². The van der Waals surface area contributed by atoms with Crippen LogP contribution in [0.2, 0.25) is 0 Å². The van der Waals surface area contributed by atoms with Crippen LogP contribution in [-0.4, -0.2) is 17.1 Å². The molecule has 1 aromatic rings. The molecule has 5 saturated carbocycles. The highest BCUT2D eigenvalue weighted by atomic mass is 16.3. The molecule has 5 aliphatic carbocycles. The van der Waals surface area contributed by atoms with Crippen LogP contribution >= 0.6 is 0 Å². The number of phenolic OH excluding ortho intramolecular Hbond substituents is 1. The van der Waals surface area contributed by atoms with Crippen LogP contribution in [0.3, 0.4) is 0 Å². The maximum Gasteiger partial charge on any atom is 0.251 e. The Morgan fingerprint density at radius 2 is 1.40 bits per heavy atom. The van der Waals surface area contributed by atoms with Gasteiger partial charge in [-0.25, -0.2) is 0 Å². The molecule has 0 bridgehead atoms. The first-order valence-electron chi connectivity index (χ1n) is 12.8. The fraction of sp³-hybridized carbons (Fsp3) is 0.741. The smallest absolute Gasteiger partial charge is 0.251 e. The van der Waals surface area contributed by atoms with E-state index < -0.39 is 0 Å². The summed E-state index contributed by atoms with van der Waals surface area (Å²) in [4.78, 5) is 13.0. The van der Waals surface area contributed by atoms with Crippen LogP contribution in [0.4, 0.5) is 0 Å². The predicted molar refractivity (Wildman–Crippen MR) is 118 cm³/mol. The molecule has 0 aromatic heterocycles. The van der Waals surface area contributed by atoms with Crippen LogP contribution in [-0.2, 0) is 0 Å². The molecule has 0 spiro atoms. The highest BCUT2D eigenvalue weighted by Crippen LogP contribution is 2.64. The normalized spacial score (nSPS) is 44.5. The van der Waals surface area contributed by atoms with Crippen molar-refractivity contribution in [3.63, 3.8) is 0 Å². The quantitative estimate of drug-likeness (QED) is 0.653. The van der Waals surface area contributed by atoms with Gasteiger partial charge in [-0.2, -0.15) is 0 Å². The molecule has 9 atom stereocenters. The second-order valence-corrected chi connectivity index (χ2v) is 11.2. The third-order valence-electron chi connectivity index (χ3n) is 10.2. The van der Waals surface area contributed by atoms with E-state index in [1.807, 2.05) is 6.07 Å². The lowest BCUT2D eigenvalue weighted by Crippen LogP contribution is -2.60. The molecule has 0 saturated heterocycles. The number of rotatable bonds is 2. The zero-order chi connectivity index (χ0) is 20.2.